The lowest BCUT2D eigenvalue weighted by Gasteiger charge is -2.27. The normalized spacial score (nSPS) is 20.7. The fourth-order valence-corrected chi connectivity index (χ4v) is 1.68. The zero-order chi connectivity index (χ0) is 12.3. The average Bonchev–Trinajstić information content (AvgIpc) is 2.62. The molecule has 5 heteroatoms. The lowest BCUT2D eigenvalue weighted by molar-refractivity contribution is -0.132. The van der Waals surface area contributed by atoms with Crippen molar-refractivity contribution < 1.29 is 19.1 Å². The van der Waals surface area contributed by atoms with Crippen molar-refractivity contribution in [1.82, 2.24) is 4.90 Å². The molecule has 0 N–H and O–H groups in total. The number of amides is 1. The van der Waals surface area contributed by atoms with Crippen molar-refractivity contribution in [1.29, 1.82) is 0 Å². The summed E-state index contributed by atoms with van der Waals surface area (Å²) in [6.45, 7) is 5.76. The zero-order valence-electron chi connectivity index (χ0n) is 9.86. The van der Waals surface area contributed by atoms with Crippen molar-refractivity contribution in [2.45, 2.75) is 45.3 Å². The van der Waals surface area contributed by atoms with Gasteiger partial charge in [0.15, 0.2) is 6.29 Å². The summed E-state index contributed by atoms with van der Waals surface area (Å²) in [7, 11) is 0. The van der Waals surface area contributed by atoms with Gasteiger partial charge in [-0.1, -0.05) is 0 Å². The van der Waals surface area contributed by atoms with Crippen LogP contribution in [0.25, 0.3) is 0 Å². The summed E-state index contributed by atoms with van der Waals surface area (Å²) in [6, 6.07) is -0.632. The smallest absolute Gasteiger partial charge is 0.410 e. The highest BCUT2D eigenvalue weighted by Crippen LogP contribution is 2.20. The molecule has 16 heavy (non-hydrogen) atoms. The quantitative estimate of drug-likeness (QED) is 0.524. The molecule has 1 fully saturated rings. The molecule has 0 aromatic heterocycles. The maximum Gasteiger partial charge on any atom is 0.410 e. The maximum absolute atomic E-state index is 11.7. The van der Waals surface area contributed by atoms with Gasteiger partial charge in [0.1, 0.15) is 11.6 Å². The van der Waals surface area contributed by atoms with Crippen LogP contribution in [0.5, 0.6) is 0 Å². The summed E-state index contributed by atoms with van der Waals surface area (Å²) in [6.07, 6.45) is 1.01. The van der Waals surface area contributed by atoms with Crippen LogP contribution in [0.15, 0.2) is 0 Å². The molecule has 1 atom stereocenters. The number of aldehydes is 1. The number of nitrogens with zero attached hydrogens (tertiary/aromatic N) is 1. The number of ketones is 1. The zero-order valence-corrected chi connectivity index (χ0v) is 9.86. The number of rotatable bonds is 2. The van der Waals surface area contributed by atoms with E-state index in [4.69, 9.17) is 4.74 Å². The number of carbonyl (C=O) groups is 3. The standard InChI is InChI=1S/C11H17NO4/c1-11(2,3)16-10(15)12-6-4-5-8(12)9(14)7-13/h7-8H,4-6H2,1-3H3/t8-/m1/s1. The lowest BCUT2D eigenvalue weighted by atomic mass is 10.1. The summed E-state index contributed by atoms with van der Waals surface area (Å²) in [5.74, 6) is -0.552. The molecule has 0 saturated carbocycles. The Bertz CT molecular complexity index is 306. The molecular weight excluding hydrogens is 210 g/mol. The topological polar surface area (TPSA) is 63.7 Å². The van der Waals surface area contributed by atoms with Gasteiger partial charge >= 0.3 is 6.09 Å². The van der Waals surface area contributed by atoms with Gasteiger partial charge in [0, 0.05) is 6.54 Å². The lowest BCUT2D eigenvalue weighted by Crippen LogP contribution is -2.43. The van der Waals surface area contributed by atoms with Gasteiger partial charge in [-0.25, -0.2) is 4.79 Å². The van der Waals surface area contributed by atoms with E-state index in [1.807, 2.05) is 0 Å². The Morgan fingerprint density at radius 2 is 2.00 bits per heavy atom. The third kappa shape index (κ3) is 3.05. The minimum Gasteiger partial charge on any atom is -0.444 e. The largest absolute Gasteiger partial charge is 0.444 e. The third-order valence-corrected chi connectivity index (χ3v) is 2.33. The first-order valence-electron chi connectivity index (χ1n) is 5.34. The van der Waals surface area contributed by atoms with E-state index in [-0.39, 0.29) is 6.29 Å². The van der Waals surface area contributed by atoms with E-state index in [0.717, 1.165) is 6.42 Å². The van der Waals surface area contributed by atoms with Crippen molar-refractivity contribution in [3.63, 3.8) is 0 Å². The Balaban J connectivity index is 2.68. The maximum atomic E-state index is 11.7. The Labute approximate surface area is 94.7 Å². The molecule has 0 radical (unpaired) electrons. The van der Waals surface area contributed by atoms with Gasteiger partial charge in [-0.3, -0.25) is 14.5 Å². The van der Waals surface area contributed by atoms with Gasteiger partial charge in [-0.15, -0.1) is 0 Å². The van der Waals surface area contributed by atoms with Crippen LogP contribution in [0, 0.1) is 0 Å². The van der Waals surface area contributed by atoms with E-state index in [1.165, 1.54) is 4.90 Å². The van der Waals surface area contributed by atoms with E-state index >= 15 is 0 Å². The van der Waals surface area contributed by atoms with Crippen LogP contribution in [0.4, 0.5) is 4.79 Å². The molecule has 1 aliphatic rings. The van der Waals surface area contributed by atoms with Crippen molar-refractivity contribution in [2.24, 2.45) is 0 Å². The second-order valence-electron chi connectivity index (χ2n) is 4.85. The Hall–Kier alpha value is -1.39. The fourth-order valence-electron chi connectivity index (χ4n) is 1.68. The first kappa shape index (κ1) is 12.7. The van der Waals surface area contributed by atoms with Crippen LogP contribution in [0.2, 0.25) is 0 Å². The van der Waals surface area contributed by atoms with Crippen molar-refractivity contribution >= 4 is 18.2 Å². The SMILES string of the molecule is CC(C)(C)OC(=O)N1CCC[C@@H]1C(=O)C=O. The number of carbonyl (C=O) groups excluding carboxylic acids is 3. The molecule has 0 aromatic carbocycles. The molecule has 1 heterocycles. The predicted molar refractivity (Wildman–Crippen MR) is 57.0 cm³/mol. The third-order valence-electron chi connectivity index (χ3n) is 2.33. The summed E-state index contributed by atoms with van der Waals surface area (Å²) in [5, 5.41) is 0. The van der Waals surface area contributed by atoms with Gasteiger partial charge in [-0.05, 0) is 33.6 Å². The fraction of sp³-hybridized carbons (Fsp3) is 0.727. The highest BCUT2D eigenvalue weighted by molar-refractivity contribution is 6.27. The number of likely N-dealkylation sites (tertiary alicyclic amines) is 1. The van der Waals surface area contributed by atoms with Crippen LogP contribution in [-0.4, -0.2) is 41.3 Å². The summed E-state index contributed by atoms with van der Waals surface area (Å²) in [4.78, 5) is 34.8. The summed E-state index contributed by atoms with van der Waals surface area (Å²) < 4.78 is 5.17. The van der Waals surface area contributed by atoms with Gasteiger partial charge in [0.05, 0.1) is 0 Å². The Kier molecular flexibility index (Phi) is 3.67. The van der Waals surface area contributed by atoms with E-state index in [0.29, 0.717) is 13.0 Å². The first-order chi connectivity index (χ1) is 7.35. The van der Waals surface area contributed by atoms with Crippen LogP contribution in [0.1, 0.15) is 33.6 Å². The molecule has 1 saturated heterocycles. The van der Waals surface area contributed by atoms with Gasteiger partial charge in [0.2, 0.25) is 5.78 Å². The second-order valence-corrected chi connectivity index (χ2v) is 4.85. The molecule has 1 rings (SSSR count). The predicted octanol–water partition coefficient (Wildman–Crippen LogP) is 1.15. The molecule has 1 amide bonds. The van der Waals surface area contributed by atoms with Crippen molar-refractivity contribution in [2.75, 3.05) is 6.54 Å². The number of Topliss-reactive ketones (excluding diaryl/α,β-unsaturated/α-hetero) is 1. The van der Waals surface area contributed by atoms with E-state index in [2.05, 4.69) is 0 Å². The molecule has 0 unspecified atom stereocenters. The highest BCUT2D eigenvalue weighted by Gasteiger charge is 2.36. The Morgan fingerprint density at radius 3 is 2.50 bits per heavy atom. The molecule has 1 aliphatic heterocycles. The van der Waals surface area contributed by atoms with Crippen molar-refractivity contribution in [3.8, 4) is 0 Å². The molecule has 90 valence electrons. The number of hydrogen-bond donors (Lipinski definition) is 0. The Morgan fingerprint density at radius 1 is 1.38 bits per heavy atom. The number of hydrogen-bond acceptors (Lipinski definition) is 4. The first-order valence-corrected chi connectivity index (χ1v) is 5.34. The number of ether oxygens (including phenoxy) is 1. The average molecular weight is 227 g/mol. The highest BCUT2D eigenvalue weighted by atomic mass is 16.6. The van der Waals surface area contributed by atoms with E-state index < -0.39 is 23.5 Å². The summed E-state index contributed by atoms with van der Waals surface area (Å²) in [5.41, 5.74) is -0.589. The van der Waals surface area contributed by atoms with Gasteiger partial charge in [0.25, 0.3) is 0 Å². The van der Waals surface area contributed by atoms with Crippen LogP contribution < -0.4 is 0 Å². The monoisotopic (exact) mass is 227 g/mol. The van der Waals surface area contributed by atoms with E-state index in [1.54, 1.807) is 20.8 Å². The minimum absolute atomic E-state index is 0.271. The van der Waals surface area contributed by atoms with Gasteiger partial charge in [-0.2, -0.15) is 0 Å². The minimum atomic E-state index is -0.632. The molecule has 0 aliphatic carbocycles. The molecule has 5 nitrogen and oxygen atoms in total. The van der Waals surface area contributed by atoms with Crippen molar-refractivity contribution in [3.05, 3.63) is 0 Å². The molecular formula is C11H17NO4. The van der Waals surface area contributed by atoms with Crippen LogP contribution >= 0.6 is 0 Å². The second kappa shape index (κ2) is 4.63. The van der Waals surface area contributed by atoms with Crippen LogP contribution in [0.3, 0.4) is 0 Å². The van der Waals surface area contributed by atoms with Crippen LogP contribution in [-0.2, 0) is 14.3 Å². The molecule has 0 bridgehead atoms. The molecule has 0 spiro atoms. The molecule has 0 aromatic rings. The summed E-state index contributed by atoms with van der Waals surface area (Å²) >= 11 is 0. The van der Waals surface area contributed by atoms with E-state index in [9.17, 15) is 14.4 Å². The van der Waals surface area contributed by atoms with Gasteiger partial charge < -0.3 is 4.74 Å².